The minimum atomic E-state index is 0.383. The van der Waals surface area contributed by atoms with E-state index in [0.717, 1.165) is 29.9 Å². The highest BCUT2D eigenvalue weighted by atomic mass is 16.5. The highest BCUT2D eigenvalue weighted by molar-refractivity contribution is 5.62. The zero-order chi connectivity index (χ0) is 13.7. The van der Waals surface area contributed by atoms with Gasteiger partial charge in [0.1, 0.15) is 5.75 Å². The van der Waals surface area contributed by atoms with Gasteiger partial charge in [-0.3, -0.25) is 5.10 Å². The fourth-order valence-electron chi connectivity index (χ4n) is 1.94. The van der Waals surface area contributed by atoms with Crippen LogP contribution in [-0.2, 0) is 0 Å². The normalized spacial score (nSPS) is 11.5. The van der Waals surface area contributed by atoms with Crippen molar-refractivity contribution in [2.24, 2.45) is 5.41 Å². The SMILES string of the molecule is CC(C)(C)CCCOc1ccc(-c2cn[nH]c2)cc1. The Kier molecular flexibility index (Phi) is 4.25. The maximum Gasteiger partial charge on any atom is 0.119 e. The van der Waals surface area contributed by atoms with Crippen LogP contribution in [0.15, 0.2) is 36.7 Å². The predicted octanol–water partition coefficient (Wildman–Crippen LogP) is 4.28. The van der Waals surface area contributed by atoms with Gasteiger partial charge in [0, 0.05) is 11.8 Å². The molecule has 0 aliphatic heterocycles. The third-order valence-corrected chi connectivity index (χ3v) is 3.03. The Morgan fingerprint density at radius 1 is 1.11 bits per heavy atom. The highest BCUT2D eigenvalue weighted by Gasteiger charge is 2.09. The van der Waals surface area contributed by atoms with Crippen molar-refractivity contribution in [3.63, 3.8) is 0 Å². The van der Waals surface area contributed by atoms with Crippen molar-refractivity contribution < 1.29 is 4.74 Å². The number of rotatable bonds is 5. The molecule has 1 aromatic heterocycles. The summed E-state index contributed by atoms with van der Waals surface area (Å²) in [4.78, 5) is 0. The molecule has 102 valence electrons. The number of H-pyrrole nitrogens is 1. The fraction of sp³-hybridized carbons (Fsp3) is 0.438. The van der Waals surface area contributed by atoms with Crippen molar-refractivity contribution >= 4 is 0 Å². The lowest BCUT2D eigenvalue weighted by Crippen LogP contribution is -2.07. The maximum atomic E-state index is 5.75. The Bertz CT molecular complexity index is 480. The standard InChI is InChI=1S/C16H22N2O/c1-16(2,3)9-4-10-19-15-7-5-13(6-8-15)14-11-17-18-12-14/h5-8,11-12H,4,9-10H2,1-3H3,(H,17,18). The van der Waals surface area contributed by atoms with Crippen molar-refractivity contribution in [2.75, 3.05) is 6.61 Å². The van der Waals surface area contributed by atoms with E-state index in [1.807, 2.05) is 24.5 Å². The second-order valence-corrected chi connectivity index (χ2v) is 6.02. The van der Waals surface area contributed by atoms with Crippen LogP contribution in [0.1, 0.15) is 33.6 Å². The Morgan fingerprint density at radius 3 is 2.42 bits per heavy atom. The number of hydrogen-bond acceptors (Lipinski definition) is 2. The van der Waals surface area contributed by atoms with E-state index in [1.54, 1.807) is 0 Å². The first-order chi connectivity index (χ1) is 9.04. The average Bonchev–Trinajstić information content (AvgIpc) is 2.88. The van der Waals surface area contributed by atoms with E-state index in [1.165, 1.54) is 6.42 Å². The predicted molar refractivity (Wildman–Crippen MR) is 78.2 cm³/mol. The van der Waals surface area contributed by atoms with E-state index in [-0.39, 0.29) is 0 Å². The lowest BCUT2D eigenvalue weighted by atomic mass is 9.91. The first-order valence-electron chi connectivity index (χ1n) is 6.77. The van der Waals surface area contributed by atoms with Crippen LogP contribution in [0.4, 0.5) is 0 Å². The van der Waals surface area contributed by atoms with E-state index in [4.69, 9.17) is 4.74 Å². The third-order valence-electron chi connectivity index (χ3n) is 3.03. The second kappa shape index (κ2) is 5.91. The molecule has 19 heavy (non-hydrogen) atoms. The molecule has 0 amide bonds. The lowest BCUT2D eigenvalue weighted by Gasteiger charge is -2.17. The maximum absolute atomic E-state index is 5.75. The Hall–Kier alpha value is -1.77. The summed E-state index contributed by atoms with van der Waals surface area (Å²) in [5.74, 6) is 0.932. The van der Waals surface area contributed by atoms with Crippen LogP contribution < -0.4 is 4.74 Å². The van der Waals surface area contributed by atoms with Crippen LogP contribution in [0.5, 0.6) is 5.75 Å². The van der Waals surface area contributed by atoms with Crippen molar-refractivity contribution in [1.82, 2.24) is 10.2 Å². The van der Waals surface area contributed by atoms with Crippen LogP contribution >= 0.6 is 0 Å². The first kappa shape index (κ1) is 13.7. The summed E-state index contributed by atoms with van der Waals surface area (Å²) >= 11 is 0. The van der Waals surface area contributed by atoms with Crippen molar-refractivity contribution in [2.45, 2.75) is 33.6 Å². The number of nitrogens with zero attached hydrogens (tertiary/aromatic N) is 1. The van der Waals surface area contributed by atoms with Crippen LogP contribution in [0, 0.1) is 5.41 Å². The molecule has 0 radical (unpaired) electrons. The largest absolute Gasteiger partial charge is 0.494 e. The van der Waals surface area contributed by atoms with Crippen molar-refractivity contribution in [1.29, 1.82) is 0 Å². The summed E-state index contributed by atoms with van der Waals surface area (Å²) in [6, 6.07) is 8.15. The molecule has 3 heteroatoms. The molecule has 0 spiro atoms. The number of nitrogens with one attached hydrogen (secondary N) is 1. The molecular formula is C16H22N2O. The van der Waals surface area contributed by atoms with Crippen LogP contribution in [0.2, 0.25) is 0 Å². The van der Waals surface area contributed by atoms with Gasteiger partial charge in [-0.1, -0.05) is 32.9 Å². The number of aromatic amines is 1. The number of benzene rings is 1. The van der Waals surface area contributed by atoms with E-state index in [2.05, 4.69) is 43.1 Å². The lowest BCUT2D eigenvalue weighted by molar-refractivity contribution is 0.269. The number of aromatic nitrogens is 2. The molecule has 0 aliphatic carbocycles. The molecule has 0 saturated carbocycles. The Labute approximate surface area is 115 Å². The van der Waals surface area contributed by atoms with Crippen LogP contribution in [0.25, 0.3) is 11.1 Å². The molecule has 0 bridgehead atoms. The van der Waals surface area contributed by atoms with E-state index in [0.29, 0.717) is 5.41 Å². The Morgan fingerprint density at radius 2 is 1.84 bits per heavy atom. The first-order valence-corrected chi connectivity index (χ1v) is 6.77. The fourth-order valence-corrected chi connectivity index (χ4v) is 1.94. The van der Waals surface area contributed by atoms with Gasteiger partial charge >= 0.3 is 0 Å². The van der Waals surface area contributed by atoms with Gasteiger partial charge in [0.25, 0.3) is 0 Å². The zero-order valence-corrected chi connectivity index (χ0v) is 11.9. The highest BCUT2D eigenvalue weighted by Crippen LogP contribution is 2.23. The monoisotopic (exact) mass is 258 g/mol. The van der Waals surface area contributed by atoms with Crippen molar-refractivity contribution in [3.05, 3.63) is 36.7 Å². The van der Waals surface area contributed by atoms with Gasteiger partial charge in [0.2, 0.25) is 0 Å². The molecule has 1 heterocycles. The average molecular weight is 258 g/mol. The van der Waals surface area contributed by atoms with Gasteiger partial charge in [-0.15, -0.1) is 0 Å². The summed E-state index contributed by atoms with van der Waals surface area (Å²) in [7, 11) is 0. The molecule has 0 saturated heterocycles. The van der Waals surface area contributed by atoms with Crippen LogP contribution in [-0.4, -0.2) is 16.8 Å². The molecule has 2 rings (SSSR count). The number of hydrogen-bond donors (Lipinski definition) is 1. The second-order valence-electron chi connectivity index (χ2n) is 6.02. The van der Waals surface area contributed by atoms with Crippen LogP contribution in [0.3, 0.4) is 0 Å². The summed E-state index contributed by atoms with van der Waals surface area (Å²) in [6.07, 6.45) is 5.98. The molecule has 1 aromatic carbocycles. The summed E-state index contributed by atoms with van der Waals surface area (Å²) < 4.78 is 5.75. The molecule has 0 fully saturated rings. The van der Waals surface area contributed by atoms with Gasteiger partial charge < -0.3 is 4.74 Å². The molecular weight excluding hydrogens is 236 g/mol. The quantitative estimate of drug-likeness (QED) is 0.813. The Balaban J connectivity index is 1.83. The van der Waals surface area contributed by atoms with E-state index >= 15 is 0 Å². The minimum absolute atomic E-state index is 0.383. The molecule has 2 aromatic rings. The van der Waals surface area contributed by atoms with Gasteiger partial charge in [-0.2, -0.15) is 5.10 Å². The summed E-state index contributed by atoms with van der Waals surface area (Å²) in [5, 5.41) is 6.77. The summed E-state index contributed by atoms with van der Waals surface area (Å²) in [5.41, 5.74) is 2.63. The smallest absolute Gasteiger partial charge is 0.119 e. The van der Waals surface area contributed by atoms with Gasteiger partial charge in [0.15, 0.2) is 0 Å². The summed E-state index contributed by atoms with van der Waals surface area (Å²) in [6.45, 7) is 7.55. The molecule has 0 atom stereocenters. The van der Waals surface area contributed by atoms with Crippen molar-refractivity contribution in [3.8, 4) is 16.9 Å². The van der Waals surface area contributed by atoms with Gasteiger partial charge in [-0.05, 0) is 36.0 Å². The van der Waals surface area contributed by atoms with E-state index < -0.39 is 0 Å². The molecule has 0 aliphatic rings. The van der Waals surface area contributed by atoms with Gasteiger partial charge in [0.05, 0.1) is 12.8 Å². The van der Waals surface area contributed by atoms with E-state index in [9.17, 15) is 0 Å². The van der Waals surface area contributed by atoms with Gasteiger partial charge in [-0.25, -0.2) is 0 Å². The third kappa shape index (κ3) is 4.43. The zero-order valence-electron chi connectivity index (χ0n) is 11.9. The molecule has 0 unspecified atom stereocenters. The topological polar surface area (TPSA) is 37.9 Å². The minimum Gasteiger partial charge on any atom is -0.494 e. The molecule has 3 nitrogen and oxygen atoms in total. The molecule has 1 N–H and O–H groups in total. The number of ether oxygens (including phenoxy) is 1.